The summed E-state index contributed by atoms with van der Waals surface area (Å²) in [5.41, 5.74) is 8.69. The number of fused-ring (bicyclic) bond motifs is 4. The van der Waals surface area contributed by atoms with E-state index in [0.29, 0.717) is 25.9 Å². The van der Waals surface area contributed by atoms with E-state index in [2.05, 4.69) is 167 Å². The van der Waals surface area contributed by atoms with Crippen molar-refractivity contribution in [1.29, 1.82) is 0 Å². The van der Waals surface area contributed by atoms with Crippen molar-refractivity contribution in [1.82, 2.24) is 18.9 Å². The first kappa shape index (κ1) is 43.5. The van der Waals surface area contributed by atoms with Gasteiger partial charge in [0.25, 0.3) is 0 Å². The Morgan fingerprint density at radius 3 is 1.08 bits per heavy atom. The summed E-state index contributed by atoms with van der Waals surface area (Å²) in [7, 11) is 0. The first-order valence-electron chi connectivity index (χ1n) is 25.2. The normalized spacial score (nSPS) is 20.9. The molecule has 7 heteroatoms. The summed E-state index contributed by atoms with van der Waals surface area (Å²) in [5, 5.41) is 9.39. The van der Waals surface area contributed by atoms with Gasteiger partial charge in [0, 0.05) is 45.3 Å². The van der Waals surface area contributed by atoms with Crippen molar-refractivity contribution in [2.75, 3.05) is 0 Å². The van der Waals surface area contributed by atoms with Crippen molar-refractivity contribution in [3.63, 3.8) is 0 Å². The summed E-state index contributed by atoms with van der Waals surface area (Å²) in [4.78, 5) is 48.7. The number of benzene rings is 8. The Morgan fingerprint density at radius 1 is 0.361 bits per heavy atom. The molecule has 10 aromatic rings. The van der Waals surface area contributed by atoms with Gasteiger partial charge >= 0.3 is 6.03 Å². The molecule has 8 aromatic carbocycles. The lowest BCUT2D eigenvalue weighted by Crippen LogP contribution is -2.58. The highest BCUT2D eigenvalue weighted by molar-refractivity contribution is 6.12. The van der Waals surface area contributed by atoms with Gasteiger partial charge in [0.05, 0.1) is 36.0 Å². The number of amides is 4. The predicted molar refractivity (Wildman–Crippen MR) is 288 cm³/mol. The average Bonchev–Trinajstić information content (AvgIpc) is 3.87. The van der Waals surface area contributed by atoms with Crippen molar-refractivity contribution in [2.24, 2.45) is 23.7 Å². The molecule has 3 heterocycles. The summed E-state index contributed by atoms with van der Waals surface area (Å²) in [6, 6.07) is 66.0. The molecule has 0 spiro atoms. The van der Waals surface area contributed by atoms with Crippen LogP contribution >= 0.6 is 0 Å². The lowest BCUT2D eigenvalue weighted by Gasteiger charge is -2.54. The van der Waals surface area contributed by atoms with Crippen LogP contribution in [0.3, 0.4) is 0 Å². The zero-order chi connectivity index (χ0) is 48.3. The van der Waals surface area contributed by atoms with Gasteiger partial charge in [0.2, 0.25) is 11.8 Å². The van der Waals surface area contributed by atoms with E-state index in [1.807, 2.05) is 60.7 Å². The quantitative estimate of drug-likeness (QED) is 0.137. The zero-order valence-electron chi connectivity index (χ0n) is 39.9. The molecule has 0 N–H and O–H groups in total. The molecule has 2 aromatic heterocycles. The number of hydrogen-bond donors (Lipinski definition) is 0. The molecule has 350 valence electrons. The van der Waals surface area contributed by atoms with Gasteiger partial charge in [-0.1, -0.05) is 205 Å². The third kappa shape index (κ3) is 7.38. The van der Waals surface area contributed by atoms with E-state index >= 15 is 9.59 Å². The molecular weight excluding hydrogens is 885 g/mol. The molecule has 13 rings (SSSR count). The molecule has 2 aliphatic carbocycles. The highest BCUT2D eigenvalue weighted by Crippen LogP contribution is 2.60. The van der Waals surface area contributed by atoms with Gasteiger partial charge in [0.1, 0.15) is 0 Å². The molecule has 3 fully saturated rings. The molecule has 2 saturated carbocycles. The fourth-order valence-corrected chi connectivity index (χ4v) is 12.5. The van der Waals surface area contributed by atoms with Crippen molar-refractivity contribution >= 4 is 73.3 Å². The Hall–Kier alpha value is -8.55. The van der Waals surface area contributed by atoms with Gasteiger partial charge in [-0.25, -0.2) is 4.79 Å². The Labute approximate surface area is 417 Å². The number of nitrogens with zero attached hydrogens (tertiary/aromatic N) is 4. The molecule has 4 unspecified atom stereocenters. The molecule has 3 aliphatic rings. The number of aromatic nitrogens is 2. The molecule has 4 atom stereocenters. The number of rotatable bonds is 10. The first-order valence-corrected chi connectivity index (χ1v) is 25.2. The topological polar surface area (TPSA) is 67.6 Å². The van der Waals surface area contributed by atoms with Crippen LogP contribution in [0.4, 0.5) is 4.79 Å². The van der Waals surface area contributed by atoms with Gasteiger partial charge in [-0.05, 0) is 82.0 Å². The van der Waals surface area contributed by atoms with Crippen LogP contribution in [0.2, 0.25) is 0 Å². The SMILES string of the molecule is O=C1C2C(C(=O)N(Cc3ccccc3)C(=O)N1Cc1ccccc1)C1/C(=C\C=c3\c4cccc5cccc(c54)n3Cc3ccccc3)CC/C(=C/C=c3/c4cccc5cccc(c54)n3Cc3ccccc3)C21. The molecule has 0 bridgehead atoms. The largest absolute Gasteiger partial charge is 0.336 e. The number of carbonyl (C=O) groups is 3. The van der Waals surface area contributed by atoms with Gasteiger partial charge in [-0.2, -0.15) is 0 Å². The monoisotopic (exact) mass is 936 g/mol. The highest BCUT2D eigenvalue weighted by atomic mass is 16.2. The smallest absolute Gasteiger partial charge is 0.334 e. The summed E-state index contributed by atoms with van der Waals surface area (Å²) in [6.07, 6.45) is 10.4. The fraction of sp³-hybridized carbons (Fsp3) is 0.154. The van der Waals surface area contributed by atoms with E-state index < -0.39 is 17.9 Å². The second-order valence-electron chi connectivity index (χ2n) is 19.8. The molecule has 0 radical (unpaired) electrons. The maximum atomic E-state index is 15.5. The summed E-state index contributed by atoms with van der Waals surface area (Å²) in [5.74, 6) is -2.60. The maximum Gasteiger partial charge on any atom is 0.334 e. The third-order valence-corrected chi connectivity index (χ3v) is 15.8. The van der Waals surface area contributed by atoms with Crippen LogP contribution in [0.1, 0.15) is 35.1 Å². The summed E-state index contributed by atoms with van der Waals surface area (Å²) >= 11 is 0. The van der Waals surface area contributed by atoms with E-state index in [1.165, 1.54) is 64.3 Å². The predicted octanol–water partition coefficient (Wildman–Crippen LogP) is 12.0. The van der Waals surface area contributed by atoms with Crippen LogP contribution in [0.15, 0.2) is 217 Å². The van der Waals surface area contributed by atoms with Crippen molar-refractivity contribution in [3.8, 4) is 0 Å². The number of carbonyl (C=O) groups excluding carboxylic acids is 3. The lowest BCUT2D eigenvalue weighted by atomic mass is 9.48. The van der Waals surface area contributed by atoms with Crippen LogP contribution in [-0.4, -0.2) is 36.8 Å². The van der Waals surface area contributed by atoms with Crippen LogP contribution in [0.5, 0.6) is 0 Å². The zero-order valence-corrected chi connectivity index (χ0v) is 39.9. The highest BCUT2D eigenvalue weighted by Gasteiger charge is 2.64. The number of hydrogen-bond acceptors (Lipinski definition) is 3. The Kier molecular flexibility index (Phi) is 10.9. The maximum absolute atomic E-state index is 15.5. The van der Waals surface area contributed by atoms with Crippen LogP contribution in [0, 0.1) is 23.7 Å². The van der Waals surface area contributed by atoms with E-state index in [0.717, 1.165) is 33.0 Å². The van der Waals surface area contributed by atoms with Crippen LogP contribution < -0.4 is 10.7 Å². The second-order valence-corrected chi connectivity index (χ2v) is 19.8. The van der Waals surface area contributed by atoms with Crippen molar-refractivity contribution < 1.29 is 14.4 Å². The first-order chi connectivity index (χ1) is 35.5. The lowest BCUT2D eigenvalue weighted by molar-refractivity contribution is -0.154. The van der Waals surface area contributed by atoms with Gasteiger partial charge in [-0.3, -0.25) is 19.4 Å². The molecular formula is C65H52N4O3. The van der Waals surface area contributed by atoms with E-state index in [4.69, 9.17) is 0 Å². The summed E-state index contributed by atoms with van der Waals surface area (Å²) in [6.45, 7) is 1.55. The van der Waals surface area contributed by atoms with Crippen LogP contribution in [0.25, 0.3) is 55.5 Å². The Morgan fingerprint density at radius 2 is 0.708 bits per heavy atom. The minimum Gasteiger partial charge on any atom is -0.336 e. The number of urea groups is 1. The number of allylic oxidation sites excluding steroid dienone is 4. The minimum atomic E-state index is -0.722. The molecule has 4 amide bonds. The van der Waals surface area contributed by atoms with Crippen molar-refractivity contribution in [2.45, 2.75) is 39.0 Å². The average molecular weight is 937 g/mol. The molecule has 72 heavy (non-hydrogen) atoms. The minimum absolute atomic E-state index is 0.0790. The van der Waals surface area contributed by atoms with E-state index in [1.54, 1.807) is 0 Å². The van der Waals surface area contributed by atoms with E-state index in [-0.39, 0.29) is 36.7 Å². The number of imide groups is 2. The Balaban J connectivity index is 0.990. The fourth-order valence-electron chi connectivity index (χ4n) is 12.5. The second kappa shape index (κ2) is 18.0. The van der Waals surface area contributed by atoms with E-state index in [9.17, 15) is 4.79 Å². The molecule has 7 nitrogen and oxygen atoms in total. The van der Waals surface area contributed by atoms with Crippen molar-refractivity contribution in [3.05, 3.63) is 250 Å². The van der Waals surface area contributed by atoms with Gasteiger partial charge in [0.15, 0.2) is 0 Å². The molecule has 1 aliphatic heterocycles. The standard InChI is InChI=1S/C65H52N4O3/c70-63-61-59-49(35-37-53-51-29-13-25-47-27-15-31-55(57(47)51)66(53)39-43-17-5-1-6-18-43)33-34-50(36-38-54-52-30-14-26-48-28-16-32-56(58(48)52)67(54)40-44-19-7-2-8-20-44)60(59)62(61)64(71)69(42-46-23-11-4-12-24-46)65(72)68(63)41-45-21-9-3-10-22-45/h1-32,35-38,59-62H,33-34,39-42H2/b49-35-,50-36-,53-37-,54-38-. The van der Waals surface area contributed by atoms with Gasteiger partial charge in [-0.15, -0.1) is 0 Å². The summed E-state index contributed by atoms with van der Waals surface area (Å²) < 4.78 is 4.82. The molecule has 1 saturated heterocycles. The Bertz CT molecular complexity index is 3640. The van der Waals surface area contributed by atoms with Gasteiger partial charge < -0.3 is 9.13 Å². The van der Waals surface area contributed by atoms with Crippen LogP contribution in [-0.2, 0) is 35.8 Å². The third-order valence-electron chi connectivity index (χ3n) is 15.8.